The van der Waals surface area contributed by atoms with Gasteiger partial charge in [-0.15, -0.1) is 0 Å². The SMILES string of the molecule is Cc1c(Cl)cccc1NC(=O)[C@@H](C)[NH+](C)Cc1ccccc1. The molecule has 0 aliphatic rings. The van der Waals surface area contributed by atoms with E-state index >= 15 is 0 Å². The topological polar surface area (TPSA) is 33.5 Å². The lowest BCUT2D eigenvalue weighted by molar-refractivity contribution is -0.907. The van der Waals surface area contributed by atoms with E-state index in [0.717, 1.165) is 22.7 Å². The summed E-state index contributed by atoms with van der Waals surface area (Å²) in [4.78, 5) is 13.6. The number of amides is 1. The number of carbonyl (C=O) groups is 1. The molecule has 0 aliphatic carbocycles. The predicted molar refractivity (Wildman–Crippen MR) is 91.3 cm³/mol. The number of quaternary nitrogens is 1. The summed E-state index contributed by atoms with van der Waals surface area (Å²) in [6.07, 6.45) is 0. The van der Waals surface area contributed by atoms with Crippen LogP contribution < -0.4 is 10.2 Å². The second kappa shape index (κ2) is 7.43. The number of rotatable bonds is 5. The van der Waals surface area contributed by atoms with Crippen molar-refractivity contribution in [2.24, 2.45) is 0 Å². The Bertz CT molecular complexity index is 643. The molecule has 0 saturated heterocycles. The first-order valence-electron chi connectivity index (χ1n) is 7.41. The lowest BCUT2D eigenvalue weighted by Crippen LogP contribution is -3.12. The van der Waals surface area contributed by atoms with Gasteiger partial charge < -0.3 is 10.2 Å². The molecule has 0 aliphatic heterocycles. The third kappa shape index (κ3) is 4.09. The predicted octanol–water partition coefficient (Wildman–Crippen LogP) is 2.69. The molecule has 0 spiro atoms. The molecule has 22 heavy (non-hydrogen) atoms. The van der Waals surface area contributed by atoms with E-state index < -0.39 is 0 Å². The Kier molecular flexibility index (Phi) is 5.58. The zero-order valence-corrected chi connectivity index (χ0v) is 13.9. The van der Waals surface area contributed by atoms with E-state index in [0.29, 0.717) is 5.02 Å². The van der Waals surface area contributed by atoms with Crippen LogP contribution in [0.4, 0.5) is 5.69 Å². The number of hydrogen-bond donors (Lipinski definition) is 2. The minimum absolute atomic E-state index is 0.00111. The van der Waals surface area contributed by atoms with Crippen molar-refractivity contribution in [3.05, 3.63) is 64.7 Å². The molecule has 0 aromatic heterocycles. The molecule has 3 nitrogen and oxygen atoms in total. The first-order valence-corrected chi connectivity index (χ1v) is 7.79. The van der Waals surface area contributed by atoms with Crippen molar-refractivity contribution in [3.8, 4) is 0 Å². The van der Waals surface area contributed by atoms with Gasteiger partial charge in [0, 0.05) is 16.3 Å². The number of anilines is 1. The third-order valence-electron chi connectivity index (χ3n) is 3.98. The van der Waals surface area contributed by atoms with Crippen LogP contribution >= 0.6 is 11.6 Å². The van der Waals surface area contributed by atoms with Gasteiger partial charge in [-0.1, -0.05) is 48.0 Å². The molecular weight excluding hydrogens is 296 g/mol. The number of carbonyl (C=O) groups excluding carboxylic acids is 1. The van der Waals surface area contributed by atoms with Gasteiger partial charge in [0.15, 0.2) is 6.04 Å². The normalized spacial score (nSPS) is 13.5. The third-order valence-corrected chi connectivity index (χ3v) is 4.39. The molecule has 0 saturated carbocycles. The van der Waals surface area contributed by atoms with Crippen molar-refractivity contribution < 1.29 is 9.69 Å². The Hall–Kier alpha value is -1.84. The molecule has 2 aromatic rings. The fraction of sp³-hybridized carbons (Fsp3) is 0.278. The van der Waals surface area contributed by atoms with Crippen LogP contribution in [0.25, 0.3) is 0 Å². The molecule has 0 bridgehead atoms. The van der Waals surface area contributed by atoms with Crippen LogP contribution in [-0.4, -0.2) is 19.0 Å². The zero-order valence-electron chi connectivity index (χ0n) is 13.2. The monoisotopic (exact) mass is 317 g/mol. The zero-order chi connectivity index (χ0) is 16.1. The first kappa shape index (κ1) is 16.5. The summed E-state index contributed by atoms with van der Waals surface area (Å²) >= 11 is 6.09. The second-order valence-corrected chi connectivity index (χ2v) is 6.04. The minimum atomic E-state index is -0.154. The van der Waals surface area contributed by atoms with Crippen molar-refractivity contribution in [1.82, 2.24) is 0 Å². The average molecular weight is 318 g/mol. The Morgan fingerprint density at radius 2 is 1.86 bits per heavy atom. The van der Waals surface area contributed by atoms with Crippen molar-refractivity contribution in [3.63, 3.8) is 0 Å². The highest BCUT2D eigenvalue weighted by Gasteiger charge is 2.22. The van der Waals surface area contributed by atoms with Gasteiger partial charge in [0.25, 0.3) is 5.91 Å². The molecule has 1 amide bonds. The van der Waals surface area contributed by atoms with Crippen molar-refractivity contribution in [2.75, 3.05) is 12.4 Å². The van der Waals surface area contributed by atoms with Gasteiger partial charge >= 0.3 is 0 Å². The van der Waals surface area contributed by atoms with Crippen LogP contribution in [0.3, 0.4) is 0 Å². The van der Waals surface area contributed by atoms with Crippen molar-refractivity contribution in [1.29, 1.82) is 0 Å². The Balaban J connectivity index is 2.01. The average Bonchev–Trinajstić information content (AvgIpc) is 2.52. The fourth-order valence-electron chi connectivity index (χ4n) is 2.28. The molecule has 0 fully saturated rings. The summed E-state index contributed by atoms with van der Waals surface area (Å²) in [6, 6.07) is 15.6. The van der Waals surface area contributed by atoms with E-state index in [-0.39, 0.29) is 11.9 Å². The maximum atomic E-state index is 12.4. The molecule has 0 heterocycles. The van der Waals surface area contributed by atoms with Gasteiger partial charge in [-0.05, 0) is 31.5 Å². The maximum Gasteiger partial charge on any atom is 0.282 e. The van der Waals surface area contributed by atoms with Crippen LogP contribution in [0, 0.1) is 6.92 Å². The highest BCUT2D eigenvalue weighted by Crippen LogP contribution is 2.22. The molecule has 0 radical (unpaired) electrons. The van der Waals surface area contributed by atoms with Crippen LogP contribution in [0.5, 0.6) is 0 Å². The van der Waals surface area contributed by atoms with E-state index in [9.17, 15) is 4.79 Å². The highest BCUT2D eigenvalue weighted by atomic mass is 35.5. The molecule has 1 unspecified atom stereocenters. The van der Waals surface area contributed by atoms with Crippen LogP contribution in [-0.2, 0) is 11.3 Å². The summed E-state index contributed by atoms with van der Waals surface area (Å²) in [6.45, 7) is 4.65. The molecular formula is C18H22ClN2O+. The molecule has 2 N–H and O–H groups in total. The van der Waals surface area contributed by atoms with Crippen molar-refractivity contribution in [2.45, 2.75) is 26.4 Å². The van der Waals surface area contributed by atoms with Gasteiger partial charge in [0.05, 0.1) is 7.05 Å². The summed E-state index contributed by atoms with van der Waals surface area (Å²) in [7, 11) is 2.03. The number of benzene rings is 2. The molecule has 116 valence electrons. The van der Waals surface area contributed by atoms with Crippen LogP contribution in [0.1, 0.15) is 18.1 Å². The number of halogens is 1. The first-order chi connectivity index (χ1) is 10.5. The molecule has 2 rings (SSSR count). The van der Waals surface area contributed by atoms with E-state index in [1.807, 2.05) is 57.3 Å². The van der Waals surface area contributed by atoms with Gasteiger partial charge in [-0.2, -0.15) is 0 Å². The van der Waals surface area contributed by atoms with E-state index in [1.165, 1.54) is 5.56 Å². The minimum Gasteiger partial charge on any atom is -0.324 e. The fourth-order valence-corrected chi connectivity index (χ4v) is 2.45. The summed E-state index contributed by atoms with van der Waals surface area (Å²) in [5.41, 5.74) is 2.89. The molecule has 2 atom stereocenters. The summed E-state index contributed by atoms with van der Waals surface area (Å²) in [5, 5.41) is 3.64. The standard InChI is InChI=1S/C18H21ClN2O/c1-13-16(19)10-7-11-17(13)20-18(22)14(2)21(3)12-15-8-5-4-6-9-15/h4-11,14H,12H2,1-3H3,(H,20,22)/p+1/t14-/m1/s1. The van der Waals surface area contributed by atoms with Crippen LogP contribution in [0.15, 0.2) is 48.5 Å². The van der Waals surface area contributed by atoms with Crippen LogP contribution in [0.2, 0.25) is 5.02 Å². The van der Waals surface area contributed by atoms with Gasteiger partial charge in [0.1, 0.15) is 6.54 Å². The lowest BCUT2D eigenvalue weighted by Gasteiger charge is -2.21. The van der Waals surface area contributed by atoms with E-state index in [1.54, 1.807) is 0 Å². The Labute approximate surface area is 136 Å². The number of nitrogens with one attached hydrogen (secondary N) is 2. The highest BCUT2D eigenvalue weighted by molar-refractivity contribution is 6.31. The van der Waals surface area contributed by atoms with Gasteiger partial charge in [0.2, 0.25) is 0 Å². The van der Waals surface area contributed by atoms with E-state index in [4.69, 9.17) is 11.6 Å². The Morgan fingerprint density at radius 3 is 2.55 bits per heavy atom. The quantitative estimate of drug-likeness (QED) is 0.873. The smallest absolute Gasteiger partial charge is 0.282 e. The van der Waals surface area contributed by atoms with Crippen molar-refractivity contribution >= 4 is 23.2 Å². The molecule has 4 heteroatoms. The maximum absolute atomic E-state index is 12.4. The second-order valence-electron chi connectivity index (χ2n) is 5.63. The largest absolute Gasteiger partial charge is 0.324 e. The summed E-state index contributed by atoms with van der Waals surface area (Å²) in [5.74, 6) is -0.00111. The molecule has 2 aromatic carbocycles. The van der Waals surface area contributed by atoms with Gasteiger partial charge in [-0.3, -0.25) is 4.79 Å². The number of likely N-dealkylation sites (N-methyl/N-ethyl adjacent to an activating group) is 1. The Morgan fingerprint density at radius 1 is 1.18 bits per heavy atom. The van der Waals surface area contributed by atoms with E-state index in [2.05, 4.69) is 17.4 Å². The lowest BCUT2D eigenvalue weighted by atomic mass is 10.1. The van der Waals surface area contributed by atoms with Gasteiger partial charge in [-0.25, -0.2) is 0 Å². The summed E-state index contributed by atoms with van der Waals surface area (Å²) < 4.78 is 0. The number of hydrogen-bond acceptors (Lipinski definition) is 1.